The number of anilines is 1. The fourth-order valence-electron chi connectivity index (χ4n) is 1.26. The van der Waals surface area contributed by atoms with Gasteiger partial charge in [0, 0.05) is 5.56 Å². The van der Waals surface area contributed by atoms with E-state index < -0.39 is 0 Å². The number of rotatable bonds is 2. The highest BCUT2D eigenvalue weighted by atomic mass is 79.9. The highest BCUT2D eigenvalue weighted by Crippen LogP contribution is 2.20. The lowest BCUT2D eigenvalue weighted by Crippen LogP contribution is -2.13. The number of aromatic nitrogens is 2. The molecule has 0 aliphatic carbocycles. The standard InChI is InChI=1S/C11H7Br2N3O2/c12-8-5-14-10(9(13)15-8)16-11(18)6-2-1-3-7(17)4-6/h1-5,17H,(H,14,16,18). The van der Waals surface area contributed by atoms with Crippen molar-refractivity contribution >= 4 is 43.6 Å². The molecule has 0 bridgehead atoms. The van der Waals surface area contributed by atoms with Crippen molar-refractivity contribution in [1.29, 1.82) is 0 Å². The summed E-state index contributed by atoms with van der Waals surface area (Å²) in [5, 5.41) is 11.9. The van der Waals surface area contributed by atoms with Crippen molar-refractivity contribution in [3.63, 3.8) is 0 Å². The molecule has 0 fully saturated rings. The fraction of sp³-hybridized carbons (Fsp3) is 0. The van der Waals surface area contributed by atoms with Gasteiger partial charge in [-0.15, -0.1) is 0 Å². The number of benzene rings is 1. The summed E-state index contributed by atoms with van der Waals surface area (Å²) >= 11 is 6.36. The minimum Gasteiger partial charge on any atom is -0.508 e. The monoisotopic (exact) mass is 371 g/mol. The molecule has 1 amide bonds. The zero-order valence-corrected chi connectivity index (χ0v) is 12.1. The van der Waals surface area contributed by atoms with Crippen LogP contribution in [0, 0.1) is 0 Å². The van der Waals surface area contributed by atoms with E-state index in [9.17, 15) is 9.90 Å². The number of phenols is 1. The van der Waals surface area contributed by atoms with E-state index in [1.807, 2.05) is 0 Å². The number of halogens is 2. The number of carbonyl (C=O) groups is 1. The molecule has 0 atom stereocenters. The Hall–Kier alpha value is -1.47. The fourth-order valence-corrected chi connectivity index (χ4v) is 2.17. The van der Waals surface area contributed by atoms with Crippen LogP contribution in [0.3, 0.4) is 0 Å². The molecule has 0 spiro atoms. The molecule has 0 aliphatic rings. The van der Waals surface area contributed by atoms with E-state index in [4.69, 9.17) is 0 Å². The molecule has 18 heavy (non-hydrogen) atoms. The average Bonchev–Trinajstić information content (AvgIpc) is 2.32. The number of hydrogen-bond donors (Lipinski definition) is 2. The van der Waals surface area contributed by atoms with Crippen LogP contribution in [0.15, 0.2) is 39.7 Å². The van der Waals surface area contributed by atoms with Crippen molar-refractivity contribution in [2.75, 3.05) is 5.32 Å². The van der Waals surface area contributed by atoms with Gasteiger partial charge in [-0.1, -0.05) is 6.07 Å². The molecule has 0 aliphatic heterocycles. The van der Waals surface area contributed by atoms with Gasteiger partial charge in [0.15, 0.2) is 5.82 Å². The summed E-state index contributed by atoms with van der Waals surface area (Å²) in [5.41, 5.74) is 0.339. The summed E-state index contributed by atoms with van der Waals surface area (Å²) in [6.45, 7) is 0. The Morgan fingerprint density at radius 2 is 2.11 bits per heavy atom. The molecule has 0 radical (unpaired) electrons. The van der Waals surface area contributed by atoms with Gasteiger partial charge in [-0.3, -0.25) is 4.79 Å². The zero-order valence-electron chi connectivity index (χ0n) is 8.89. The van der Waals surface area contributed by atoms with Crippen LogP contribution in [0.2, 0.25) is 0 Å². The first-order valence-electron chi connectivity index (χ1n) is 4.84. The van der Waals surface area contributed by atoms with Crippen molar-refractivity contribution in [2.45, 2.75) is 0 Å². The second-order valence-electron chi connectivity index (χ2n) is 3.34. The van der Waals surface area contributed by atoms with Gasteiger partial charge in [0.05, 0.1) is 6.20 Å². The van der Waals surface area contributed by atoms with E-state index in [1.165, 1.54) is 18.3 Å². The first-order valence-corrected chi connectivity index (χ1v) is 6.43. The second kappa shape index (κ2) is 5.45. The first-order chi connectivity index (χ1) is 8.56. The molecule has 1 aromatic carbocycles. The van der Waals surface area contributed by atoms with Crippen molar-refractivity contribution < 1.29 is 9.90 Å². The molecule has 0 saturated heterocycles. The number of hydrogen-bond acceptors (Lipinski definition) is 4. The number of amides is 1. The summed E-state index contributed by atoms with van der Waals surface area (Å²) in [5.74, 6) is -0.0293. The normalized spacial score (nSPS) is 10.1. The van der Waals surface area contributed by atoms with E-state index in [2.05, 4.69) is 47.1 Å². The lowest BCUT2D eigenvalue weighted by Gasteiger charge is -2.06. The summed E-state index contributed by atoms with van der Waals surface area (Å²) in [4.78, 5) is 19.9. The summed E-state index contributed by atoms with van der Waals surface area (Å²) in [6.07, 6.45) is 1.48. The number of carbonyl (C=O) groups excluding carboxylic acids is 1. The smallest absolute Gasteiger partial charge is 0.257 e. The Kier molecular flexibility index (Phi) is 3.93. The Morgan fingerprint density at radius 1 is 1.33 bits per heavy atom. The van der Waals surface area contributed by atoms with Crippen LogP contribution in [-0.4, -0.2) is 21.0 Å². The zero-order chi connectivity index (χ0) is 13.1. The molecule has 1 aromatic heterocycles. The lowest BCUT2D eigenvalue weighted by atomic mass is 10.2. The van der Waals surface area contributed by atoms with Gasteiger partial charge in [-0.05, 0) is 50.1 Å². The molecule has 2 aromatic rings. The molecule has 0 saturated carbocycles. The molecular formula is C11H7Br2N3O2. The van der Waals surface area contributed by atoms with Gasteiger partial charge in [0.1, 0.15) is 15.0 Å². The number of nitrogens with one attached hydrogen (secondary N) is 1. The third kappa shape index (κ3) is 3.05. The Balaban J connectivity index is 2.21. The summed E-state index contributed by atoms with van der Waals surface area (Å²) in [6, 6.07) is 6.05. The number of nitrogens with zero attached hydrogens (tertiary/aromatic N) is 2. The van der Waals surface area contributed by atoms with E-state index in [1.54, 1.807) is 12.1 Å². The predicted molar refractivity (Wildman–Crippen MR) is 73.5 cm³/mol. The SMILES string of the molecule is O=C(Nc1ncc(Br)nc1Br)c1cccc(O)c1. The Labute approximate surface area is 120 Å². The van der Waals surface area contributed by atoms with E-state index in [-0.39, 0.29) is 11.7 Å². The van der Waals surface area contributed by atoms with Crippen LogP contribution in [-0.2, 0) is 0 Å². The Morgan fingerprint density at radius 3 is 2.78 bits per heavy atom. The highest BCUT2D eigenvalue weighted by molar-refractivity contribution is 9.11. The van der Waals surface area contributed by atoms with Crippen LogP contribution >= 0.6 is 31.9 Å². The maximum Gasteiger partial charge on any atom is 0.257 e. The highest BCUT2D eigenvalue weighted by Gasteiger charge is 2.10. The number of phenolic OH excluding ortho intramolecular Hbond substituents is 1. The van der Waals surface area contributed by atoms with Crippen LogP contribution in [0.4, 0.5) is 5.82 Å². The van der Waals surface area contributed by atoms with Crippen molar-refractivity contribution in [3.8, 4) is 5.75 Å². The largest absolute Gasteiger partial charge is 0.508 e. The molecule has 1 heterocycles. The van der Waals surface area contributed by atoms with Gasteiger partial charge in [0.25, 0.3) is 5.91 Å². The van der Waals surface area contributed by atoms with Crippen LogP contribution in [0.25, 0.3) is 0 Å². The number of aromatic hydroxyl groups is 1. The maximum absolute atomic E-state index is 11.9. The van der Waals surface area contributed by atoms with Crippen LogP contribution in [0.1, 0.15) is 10.4 Å². The van der Waals surface area contributed by atoms with Crippen molar-refractivity contribution in [2.24, 2.45) is 0 Å². The Bertz CT molecular complexity index is 605. The van der Waals surface area contributed by atoms with Crippen molar-refractivity contribution in [1.82, 2.24) is 9.97 Å². The molecule has 2 rings (SSSR count). The van der Waals surface area contributed by atoms with Crippen molar-refractivity contribution in [3.05, 3.63) is 45.2 Å². The minimum atomic E-state index is -0.372. The third-order valence-corrected chi connectivity index (χ3v) is 2.98. The molecule has 2 N–H and O–H groups in total. The maximum atomic E-state index is 11.9. The second-order valence-corrected chi connectivity index (χ2v) is 4.90. The summed E-state index contributed by atoms with van der Waals surface area (Å²) in [7, 11) is 0. The lowest BCUT2D eigenvalue weighted by molar-refractivity contribution is 0.102. The average molecular weight is 373 g/mol. The first kappa shape index (κ1) is 13.0. The predicted octanol–water partition coefficient (Wildman–Crippen LogP) is 2.96. The van der Waals surface area contributed by atoms with Crippen LogP contribution in [0.5, 0.6) is 5.75 Å². The van der Waals surface area contributed by atoms with E-state index >= 15 is 0 Å². The van der Waals surface area contributed by atoms with Gasteiger partial charge < -0.3 is 10.4 Å². The third-order valence-electron chi connectivity index (χ3n) is 2.04. The molecule has 7 heteroatoms. The van der Waals surface area contributed by atoms with Gasteiger partial charge in [-0.2, -0.15) is 0 Å². The topological polar surface area (TPSA) is 75.1 Å². The molecule has 0 unspecified atom stereocenters. The summed E-state index contributed by atoms with van der Waals surface area (Å²) < 4.78 is 0.982. The van der Waals surface area contributed by atoms with Crippen LogP contribution < -0.4 is 5.32 Å². The van der Waals surface area contributed by atoms with E-state index in [0.29, 0.717) is 20.6 Å². The van der Waals surface area contributed by atoms with E-state index in [0.717, 1.165) is 0 Å². The molecule has 92 valence electrons. The van der Waals surface area contributed by atoms with Gasteiger partial charge in [-0.25, -0.2) is 9.97 Å². The minimum absolute atomic E-state index is 0.0311. The van der Waals surface area contributed by atoms with Gasteiger partial charge >= 0.3 is 0 Å². The quantitative estimate of drug-likeness (QED) is 0.849. The molecule has 5 nitrogen and oxygen atoms in total. The molecular weight excluding hydrogens is 366 g/mol. The van der Waals surface area contributed by atoms with Gasteiger partial charge in [0.2, 0.25) is 0 Å².